The maximum atomic E-state index is 12.8. The van der Waals surface area contributed by atoms with Crippen LogP contribution in [0.15, 0.2) is 39.6 Å². The summed E-state index contributed by atoms with van der Waals surface area (Å²) in [5, 5.41) is 21.0. The number of hydrogen-bond acceptors (Lipinski definition) is 6. The predicted octanol–water partition coefficient (Wildman–Crippen LogP) is 2.30. The van der Waals surface area contributed by atoms with Crippen LogP contribution in [0.25, 0.3) is 0 Å². The van der Waals surface area contributed by atoms with E-state index in [0.29, 0.717) is 22.0 Å². The Balaban J connectivity index is 0.00000216. The monoisotopic (exact) mass is 1020 g/mol. The molecule has 6 atom stereocenters. The minimum absolute atomic E-state index is 0. The van der Waals surface area contributed by atoms with Crippen LogP contribution in [0.4, 0.5) is 0 Å². The number of ether oxygens (including phenoxy) is 1. The van der Waals surface area contributed by atoms with Gasteiger partial charge in [-0.15, -0.1) is 0 Å². The van der Waals surface area contributed by atoms with Crippen molar-refractivity contribution in [2.45, 2.75) is 58.1 Å². The molecule has 3 unspecified atom stereocenters. The Bertz CT molecular complexity index is 1130. The maximum Gasteiger partial charge on any atom is 0.336 e. The number of carbonyl (C=O) groups excluding carboxylic acids is 1. The molecule has 0 saturated heterocycles. The van der Waals surface area contributed by atoms with E-state index in [1.54, 1.807) is 6.08 Å². The third-order valence-electron chi connectivity index (χ3n) is 8.52. The van der Waals surface area contributed by atoms with Crippen LogP contribution in [0.1, 0.15) is 52.0 Å². The average molecular weight is 1020 g/mol. The van der Waals surface area contributed by atoms with Crippen LogP contribution in [0.3, 0.4) is 0 Å². The number of aliphatic hydroxyl groups is 2. The molecule has 1 aromatic heterocycles. The van der Waals surface area contributed by atoms with E-state index in [9.17, 15) is 24.6 Å². The Kier molecular flexibility index (Phi) is 11.6. The van der Waals surface area contributed by atoms with Gasteiger partial charge in [0.15, 0.2) is 0 Å². The number of nitrogens with one attached hydrogen (secondary N) is 1. The number of cyclic esters (lactones) is 1. The van der Waals surface area contributed by atoms with Gasteiger partial charge in [-0.2, -0.15) is 0 Å². The van der Waals surface area contributed by atoms with Crippen LogP contribution in [0.2, 0.25) is 0 Å². The largest absolute Gasteiger partial charge is 0.458 e. The van der Waals surface area contributed by atoms with Crippen molar-refractivity contribution in [1.29, 1.82) is 0 Å². The van der Waals surface area contributed by atoms with Crippen molar-refractivity contribution in [3.8, 4) is 0 Å². The summed E-state index contributed by atoms with van der Waals surface area (Å²) in [6.45, 7) is 8.55. The first-order valence-electron chi connectivity index (χ1n) is 11.4. The van der Waals surface area contributed by atoms with Crippen molar-refractivity contribution in [3.63, 3.8) is 0 Å². The van der Waals surface area contributed by atoms with E-state index >= 15 is 0 Å². The van der Waals surface area contributed by atoms with Gasteiger partial charge < -0.3 is 14.9 Å². The van der Waals surface area contributed by atoms with Crippen molar-refractivity contribution >= 4 is 28.6 Å². The summed E-state index contributed by atoms with van der Waals surface area (Å²) in [7, 11) is 0. The summed E-state index contributed by atoms with van der Waals surface area (Å²) < 4.78 is 6.94. The molecule has 8 nitrogen and oxygen atoms in total. The van der Waals surface area contributed by atoms with Gasteiger partial charge in [0.2, 0.25) is 0 Å². The van der Waals surface area contributed by atoms with Gasteiger partial charge >= 0.3 is 11.7 Å². The van der Waals surface area contributed by atoms with E-state index in [1.807, 2.05) is 29.5 Å². The summed E-state index contributed by atoms with van der Waals surface area (Å²) in [6.07, 6.45) is 5.95. The zero-order valence-electron chi connectivity index (χ0n) is 20.1. The first-order valence-corrected chi connectivity index (χ1v) is 12.5. The number of carbonyl (C=O) groups is 1. The van der Waals surface area contributed by atoms with Crippen molar-refractivity contribution < 1.29 is 108 Å². The van der Waals surface area contributed by atoms with Crippen LogP contribution < -0.4 is 11.2 Å². The Hall–Kier alpha value is 1.16. The third kappa shape index (κ3) is 5.87. The second-order valence-corrected chi connectivity index (χ2v) is 11.3. The van der Waals surface area contributed by atoms with Crippen molar-refractivity contribution in [2.75, 3.05) is 13.2 Å². The van der Waals surface area contributed by atoms with Gasteiger partial charge in [-0.3, -0.25) is 14.3 Å². The van der Waals surface area contributed by atoms with Crippen LogP contribution in [-0.2, 0) is 9.53 Å². The molecule has 0 bridgehead atoms. The minimum atomic E-state index is -0.628. The van der Waals surface area contributed by atoms with E-state index in [-0.39, 0.29) is 119 Å². The molecule has 3 aliphatic rings. The minimum Gasteiger partial charge on any atom is -0.458 e. The molecule has 2 aliphatic carbocycles. The van der Waals surface area contributed by atoms with Crippen LogP contribution in [0, 0.1) is 114 Å². The van der Waals surface area contributed by atoms with E-state index in [4.69, 9.17) is 4.74 Å². The molecule has 0 amide bonds. The molecule has 4 rings (SSSR count). The molecular weight excluding hydrogens is 993 g/mol. The number of hydrogen-bond donors (Lipinski definition) is 3. The van der Waals surface area contributed by atoms with Gasteiger partial charge in [-0.1, -0.05) is 26.0 Å². The fraction of sp³-hybridized carbons (Fsp3) is 0.625. The summed E-state index contributed by atoms with van der Waals surface area (Å²) >= 11 is 1.88. The predicted molar refractivity (Wildman–Crippen MR) is 131 cm³/mol. The molecule has 11 heteroatoms. The second-order valence-electron chi connectivity index (χ2n) is 10.2. The maximum absolute atomic E-state index is 12.8. The third-order valence-corrected chi connectivity index (χ3v) is 9.29. The Morgan fingerprint density at radius 1 is 1.29 bits per heavy atom. The molecule has 2 heterocycles. The summed E-state index contributed by atoms with van der Waals surface area (Å²) in [5.74, 6) is -0.451. The molecule has 2 fully saturated rings. The van der Waals surface area contributed by atoms with Gasteiger partial charge in [0, 0.05) is 99.7 Å². The Labute approximate surface area is 290 Å². The van der Waals surface area contributed by atoms with Gasteiger partial charge in [-0.25, -0.2) is 9.59 Å². The van der Waals surface area contributed by atoms with Crippen LogP contribution in [0.5, 0.6) is 0 Å². The van der Waals surface area contributed by atoms with Crippen LogP contribution >= 0.6 is 22.6 Å². The quantitative estimate of drug-likeness (QED) is 0.237. The Morgan fingerprint density at radius 2 is 1.97 bits per heavy atom. The number of rotatable bonds is 5. The molecule has 1 aromatic rings. The standard InChI is InChI=1S/C24H31IN2O6.2Ac/c1-13-4-5-18-23(2,8-6-19(29)24(18,3)12-28)15(13)10-17(14-7-9-33-21(14)31)27-11-16(25)20(30)26-22(27)32;;/h7,11,15,17-19,28-29H,1,4-6,8-10,12H2,2-3H3,(H,26,30,32);;/t15-,17?,18?,19?,23+,24-;;/m0../s1. The number of fused-ring (bicyclic) bond motifs is 1. The van der Waals surface area contributed by atoms with Gasteiger partial charge in [0.05, 0.1) is 27.9 Å². The van der Waals surface area contributed by atoms with Gasteiger partial charge in [-0.05, 0) is 78.0 Å². The number of aliphatic hydroxyl groups excluding tert-OH is 2. The number of halogens is 1. The molecular formula is C24H31Ac2IN2O6. The zero-order valence-corrected chi connectivity index (χ0v) is 31.8. The van der Waals surface area contributed by atoms with E-state index in [2.05, 4.69) is 18.5 Å². The first-order chi connectivity index (χ1) is 15.5. The smallest absolute Gasteiger partial charge is 0.336 e. The van der Waals surface area contributed by atoms with Crippen LogP contribution in [-0.4, -0.2) is 45.1 Å². The molecule has 0 spiro atoms. The topological polar surface area (TPSA) is 122 Å². The van der Waals surface area contributed by atoms with E-state index in [0.717, 1.165) is 24.8 Å². The average Bonchev–Trinajstić information content (AvgIpc) is 3.19. The molecule has 186 valence electrons. The number of allylic oxidation sites excluding steroid dienone is 1. The number of H-pyrrole nitrogens is 1. The van der Waals surface area contributed by atoms with Gasteiger partial charge in [0.1, 0.15) is 6.61 Å². The number of aromatic amines is 1. The fourth-order valence-corrected chi connectivity index (χ4v) is 7.02. The normalized spacial score (nSPS) is 33.1. The summed E-state index contributed by atoms with van der Waals surface area (Å²) in [5.41, 5.74) is -0.487. The molecule has 0 aromatic carbocycles. The molecule has 1 aliphatic heterocycles. The number of nitrogens with zero attached hydrogens (tertiary/aromatic N) is 1. The van der Waals surface area contributed by atoms with Crippen molar-refractivity contribution in [2.24, 2.45) is 22.7 Å². The Morgan fingerprint density at radius 3 is 2.57 bits per heavy atom. The molecule has 3 N–H and O–H groups in total. The first kappa shape index (κ1) is 32.4. The SMILES string of the molecule is C=C1CCC2[C@](C)(CO)C(O)CC[C@]2(C)[C@H]1CC(C1=CCOC1=O)n1cc(I)c(=O)[nH]c1=O.[Ac].[Ac]. The molecule has 35 heavy (non-hydrogen) atoms. The fourth-order valence-electron chi connectivity index (χ4n) is 6.59. The van der Waals surface area contributed by atoms with E-state index in [1.165, 1.54) is 10.8 Å². The van der Waals surface area contributed by atoms with Crippen molar-refractivity contribution in [1.82, 2.24) is 9.55 Å². The summed E-state index contributed by atoms with van der Waals surface area (Å²) in [4.78, 5) is 39.7. The summed E-state index contributed by atoms with van der Waals surface area (Å²) in [6, 6.07) is -0.623. The number of aromatic nitrogens is 2. The molecule has 2 saturated carbocycles. The van der Waals surface area contributed by atoms with Gasteiger partial charge in [0.25, 0.3) is 5.56 Å². The number of esters is 1. The van der Waals surface area contributed by atoms with Crippen molar-refractivity contribution in [3.05, 3.63) is 54.4 Å². The second kappa shape index (κ2) is 12.6. The zero-order chi connectivity index (χ0) is 24.1. The molecule has 2 radical (unpaired) electrons. The van der Waals surface area contributed by atoms with E-state index < -0.39 is 34.8 Å².